The number of nitrogens with zero attached hydrogens (tertiary/aromatic N) is 1. The monoisotopic (exact) mass is 316 g/mol. The summed E-state index contributed by atoms with van der Waals surface area (Å²) in [4.78, 5) is 27.2. The molecule has 1 heterocycles. The van der Waals surface area contributed by atoms with E-state index in [9.17, 15) is 9.59 Å². The summed E-state index contributed by atoms with van der Waals surface area (Å²) in [6.07, 6.45) is 1.20. The van der Waals surface area contributed by atoms with Crippen LogP contribution in [0, 0.1) is 0 Å². The van der Waals surface area contributed by atoms with Gasteiger partial charge in [-0.1, -0.05) is 18.2 Å². The van der Waals surface area contributed by atoms with E-state index < -0.39 is 11.7 Å². The summed E-state index contributed by atoms with van der Waals surface area (Å²) in [6, 6.07) is 7.26. The normalized spacial score (nSPS) is 11.1. The molecule has 1 aromatic heterocycles. The molecule has 0 radical (unpaired) electrons. The smallest absolute Gasteiger partial charge is 0.413 e. The molecule has 0 spiro atoms. The van der Waals surface area contributed by atoms with Crippen LogP contribution in [0.25, 0.3) is 0 Å². The van der Waals surface area contributed by atoms with Gasteiger partial charge in [0.15, 0.2) is 17.5 Å². The molecule has 0 aliphatic carbocycles. The van der Waals surface area contributed by atoms with Crippen molar-refractivity contribution in [3.63, 3.8) is 0 Å². The number of anilines is 1. The molecule has 2 aromatic rings. The Balaban J connectivity index is 2.01. The number of hydrogen-bond donors (Lipinski definition) is 1. The zero-order valence-electron chi connectivity index (χ0n) is 13.7. The van der Waals surface area contributed by atoms with Crippen LogP contribution in [0.1, 0.15) is 49.5 Å². The molecule has 1 aromatic carbocycles. The van der Waals surface area contributed by atoms with Crippen LogP contribution in [0.2, 0.25) is 0 Å². The van der Waals surface area contributed by atoms with Crippen molar-refractivity contribution in [3.05, 3.63) is 47.5 Å². The van der Waals surface area contributed by atoms with Gasteiger partial charge in [-0.15, -0.1) is 0 Å². The lowest BCUT2D eigenvalue weighted by Crippen LogP contribution is -2.27. The maximum absolute atomic E-state index is 11.7. The van der Waals surface area contributed by atoms with E-state index in [4.69, 9.17) is 9.15 Å². The standard InChI is InChI=1S/C17H20N2O4/c1-11(20)13-7-5-6-12(8-13)9-15-18-14(10-22-15)19-16(21)23-17(2,3)4/h5-8,10H,9H2,1-4H3,(H,19,21). The second-order valence-electron chi connectivity index (χ2n) is 6.19. The highest BCUT2D eigenvalue weighted by molar-refractivity contribution is 5.94. The van der Waals surface area contributed by atoms with Gasteiger partial charge in [-0.2, -0.15) is 4.98 Å². The number of carbonyl (C=O) groups is 2. The second kappa shape index (κ2) is 6.64. The summed E-state index contributed by atoms with van der Waals surface area (Å²) in [6.45, 7) is 6.86. The zero-order valence-corrected chi connectivity index (χ0v) is 13.7. The van der Waals surface area contributed by atoms with Gasteiger partial charge in [0.1, 0.15) is 11.9 Å². The van der Waals surface area contributed by atoms with Gasteiger partial charge in [-0.05, 0) is 39.3 Å². The first kappa shape index (κ1) is 16.7. The molecule has 23 heavy (non-hydrogen) atoms. The SMILES string of the molecule is CC(=O)c1cccc(Cc2nc(NC(=O)OC(C)(C)C)co2)c1. The minimum absolute atomic E-state index is 0.00605. The highest BCUT2D eigenvalue weighted by atomic mass is 16.6. The summed E-state index contributed by atoms with van der Waals surface area (Å²) in [5.74, 6) is 0.736. The predicted molar refractivity (Wildman–Crippen MR) is 85.6 cm³/mol. The first-order valence-electron chi connectivity index (χ1n) is 7.27. The maximum atomic E-state index is 11.7. The van der Waals surface area contributed by atoms with Crippen LogP contribution in [0.3, 0.4) is 0 Å². The molecule has 122 valence electrons. The van der Waals surface area contributed by atoms with Crippen molar-refractivity contribution in [2.24, 2.45) is 0 Å². The largest absolute Gasteiger partial charge is 0.446 e. The molecular formula is C17H20N2O4. The Morgan fingerprint density at radius 2 is 2.04 bits per heavy atom. The van der Waals surface area contributed by atoms with E-state index in [0.717, 1.165) is 5.56 Å². The van der Waals surface area contributed by atoms with E-state index in [2.05, 4.69) is 10.3 Å². The van der Waals surface area contributed by atoms with Crippen LogP contribution in [0.4, 0.5) is 10.6 Å². The van der Waals surface area contributed by atoms with Gasteiger partial charge >= 0.3 is 6.09 Å². The summed E-state index contributed by atoms with van der Waals surface area (Å²) in [5.41, 5.74) is 0.966. The van der Waals surface area contributed by atoms with E-state index in [-0.39, 0.29) is 11.6 Å². The molecule has 0 aliphatic rings. The molecule has 6 heteroatoms. The Bertz CT molecular complexity index is 713. The average Bonchev–Trinajstić information content (AvgIpc) is 2.83. The number of ether oxygens (including phenoxy) is 1. The van der Waals surface area contributed by atoms with Crippen molar-refractivity contribution < 1.29 is 18.7 Å². The minimum Gasteiger partial charge on any atom is -0.446 e. The van der Waals surface area contributed by atoms with Crippen LogP contribution in [0.15, 0.2) is 34.9 Å². The quantitative estimate of drug-likeness (QED) is 0.867. The molecular weight excluding hydrogens is 296 g/mol. The Morgan fingerprint density at radius 1 is 1.30 bits per heavy atom. The maximum Gasteiger partial charge on any atom is 0.413 e. The lowest BCUT2D eigenvalue weighted by atomic mass is 10.1. The van der Waals surface area contributed by atoms with Crippen molar-refractivity contribution in [1.29, 1.82) is 0 Å². The summed E-state index contributed by atoms with van der Waals surface area (Å²) in [5, 5.41) is 2.51. The van der Waals surface area contributed by atoms with Gasteiger partial charge in [0, 0.05) is 12.0 Å². The Labute approximate surface area is 134 Å². The summed E-state index contributed by atoms with van der Waals surface area (Å²) in [7, 11) is 0. The Hall–Kier alpha value is -2.63. The van der Waals surface area contributed by atoms with Gasteiger partial charge in [0.2, 0.25) is 0 Å². The van der Waals surface area contributed by atoms with Gasteiger partial charge in [-0.3, -0.25) is 10.1 Å². The first-order valence-corrected chi connectivity index (χ1v) is 7.27. The number of aromatic nitrogens is 1. The van der Waals surface area contributed by atoms with Gasteiger partial charge < -0.3 is 9.15 Å². The average molecular weight is 316 g/mol. The molecule has 0 unspecified atom stereocenters. The molecule has 0 saturated heterocycles. The highest BCUT2D eigenvalue weighted by Crippen LogP contribution is 2.15. The lowest BCUT2D eigenvalue weighted by Gasteiger charge is -2.18. The second-order valence-corrected chi connectivity index (χ2v) is 6.19. The fourth-order valence-electron chi connectivity index (χ4n) is 1.93. The molecule has 2 rings (SSSR count). The fraction of sp³-hybridized carbons (Fsp3) is 0.353. The van der Waals surface area contributed by atoms with Gasteiger partial charge in [-0.25, -0.2) is 4.79 Å². The molecule has 6 nitrogen and oxygen atoms in total. The highest BCUT2D eigenvalue weighted by Gasteiger charge is 2.17. The number of Topliss-reactive ketones (excluding diaryl/α,β-unsaturated/α-hetero) is 1. The molecule has 1 N–H and O–H groups in total. The van der Waals surface area contributed by atoms with Crippen molar-refractivity contribution in [2.75, 3.05) is 5.32 Å². The van der Waals surface area contributed by atoms with Crippen molar-refractivity contribution in [1.82, 2.24) is 4.98 Å². The predicted octanol–water partition coefficient (Wildman–Crippen LogP) is 3.82. The van der Waals surface area contributed by atoms with Crippen LogP contribution in [0.5, 0.6) is 0 Å². The fourth-order valence-corrected chi connectivity index (χ4v) is 1.93. The number of benzene rings is 1. The number of nitrogens with one attached hydrogen (secondary N) is 1. The van der Waals surface area contributed by atoms with Crippen LogP contribution in [-0.2, 0) is 11.2 Å². The van der Waals surface area contributed by atoms with Gasteiger partial charge in [0.05, 0.1) is 0 Å². The Kier molecular flexibility index (Phi) is 4.83. The summed E-state index contributed by atoms with van der Waals surface area (Å²) < 4.78 is 10.5. The molecule has 1 amide bonds. The van der Waals surface area contributed by atoms with Crippen LogP contribution < -0.4 is 5.32 Å². The van der Waals surface area contributed by atoms with Gasteiger partial charge in [0.25, 0.3) is 0 Å². The molecule has 0 aliphatic heterocycles. The number of ketones is 1. The number of rotatable bonds is 4. The van der Waals surface area contributed by atoms with Crippen molar-refractivity contribution in [3.8, 4) is 0 Å². The van der Waals surface area contributed by atoms with Crippen molar-refractivity contribution in [2.45, 2.75) is 39.7 Å². The number of carbonyl (C=O) groups excluding carboxylic acids is 2. The van der Waals surface area contributed by atoms with E-state index in [1.807, 2.05) is 12.1 Å². The van der Waals surface area contributed by atoms with Crippen LogP contribution >= 0.6 is 0 Å². The van der Waals surface area contributed by atoms with E-state index in [1.54, 1.807) is 32.9 Å². The third-order valence-corrected chi connectivity index (χ3v) is 2.87. The minimum atomic E-state index is -0.587. The number of oxazole rings is 1. The zero-order chi connectivity index (χ0) is 17.0. The first-order chi connectivity index (χ1) is 10.7. The number of amides is 1. The lowest BCUT2D eigenvalue weighted by molar-refractivity contribution is 0.0635. The molecule has 0 atom stereocenters. The Morgan fingerprint density at radius 3 is 2.70 bits per heavy atom. The summed E-state index contributed by atoms with van der Waals surface area (Å²) >= 11 is 0. The molecule has 0 saturated carbocycles. The molecule has 0 fully saturated rings. The van der Waals surface area contributed by atoms with Crippen molar-refractivity contribution >= 4 is 17.7 Å². The third kappa shape index (κ3) is 5.25. The van der Waals surface area contributed by atoms with E-state index >= 15 is 0 Å². The van der Waals surface area contributed by atoms with E-state index in [0.29, 0.717) is 17.9 Å². The number of hydrogen-bond acceptors (Lipinski definition) is 5. The molecule has 0 bridgehead atoms. The van der Waals surface area contributed by atoms with Crippen LogP contribution in [-0.4, -0.2) is 22.5 Å². The third-order valence-electron chi connectivity index (χ3n) is 2.87. The van der Waals surface area contributed by atoms with E-state index in [1.165, 1.54) is 13.2 Å². The topological polar surface area (TPSA) is 81.4 Å².